The molecule has 7 nitrogen and oxygen atoms in total. The lowest BCUT2D eigenvalue weighted by Gasteiger charge is -2.23. The molecule has 1 aliphatic rings. The van der Waals surface area contributed by atoms with Crippen LogP contribution in [0.25, 0.3) is 0 Å². The fourth-order valence-corrected chi connectivity index (χ4v) is 4.51. The van der Waals surface area contributed by atoms with Crippen LogP contribution < -0.4 is 16.0 Å². The van der Waals surface area contributed by atoms with Gasteiger partial charge in [-0.05, 0) is 30.0 Å². The molecule has 144 valence electrons. The largest absolute Gasteiger partial charge is 0.350 e. The summed E-state index contributed by atoms with van der Waals surface area (Å²) in [7, 11) is -3.08. The fourth-order valence-electron chi connectivity index (χ4n) is 2.71. The maximum Gasteiger partial charge on any atom is 0.315 e. The SMILES string of the molecule is CC(C)[C@H](NC(=O)N[C@@H]1CCS(=O)(=O)C1)C(=O)NCc1ccc(Cl)cc1. The monoisotopic (exact) mass is 401 g/mol. The highest BCUT2D eigenvalue weighted by molar-refractivity contribution is 7.91. The van der Waals surface area contributed by atoms with Crippen LogP contribution in [0, 0.1) is 5.92 Å². The van der Waals surface area contributed by atoms with Gasteiger partial charge in [0.15, 0.2) is 9.84 Å². The molecule has 3 amide bonds. The molecule has 0 aromatic heterocycles. The lowest BCUT2D eigenvalue weighted by Crippen LogP contribution is -2.54. The lowest BCUT2D eigenvalue weighted by molar-refractivity contribution is -0.124. The third-order valence-corrected chi connectivity index (χ3v) is 6.20. The van der Waals surface area contributed by atoms with Crippen molar-refractivity contribution in [3.05, 3.63) is 34.9 Å². The Morgan fingerprint density at radius 3 is 2.42 bits per heavy atom. The van der Waals surface area contributed by atoms with Crippen molar-refractivity contribution in [3.8, 4) is 0 Å². The van der Waals surface area contributed by atoms with Crippen LogP contribution in [-0.4, -0.2) is 43.9 Å². The van der Waals surface area contributed by atoms with Crippen LogP contribution in [0.4, 0.5) is 4.79 Å². The van der Waals surface area contributed by atoms with Crippen LogP contribution in [0.1, 0.15) is 25.8 Å². The van der Waals surface area contributed by atoms with Crippen LogP contribution in [0.3, 0.4) is 0 Å². The first-order chi connectivity index (χ1) is 12.2. The average Bonchev–Trinajstić information content (AvgIpc) is 2.90. The number of carbonyl (C=O) groups excluding carboxylic acids is 2. The van der Waals surface area contributed by atoms with Gasteiger partial charge in [-0.25, -0.2) is 13.2 Å². The molecule has 0 unspecified atom stereocenters. The van der Waals surface area contributed by atoms with Crippen molar-refractivity contribution in [2.45, 2.75) is 38.9 Å². The Labute approximate surface area is 158 Å². The van der Waals surface area contributed by atoms with Crippen molar-refractivity contribution in [2.75, 3.05) is 11.5 Å². The van der Waals surface area contributed by atoms with Crippen molar-refractivity contribution in [1.82, 2.24) is 16.0 Å². The van der Waals surface area contributed by atoms with E-state index in [1.54, 1.807) is 12.1 Å². The van der Waals surface area contributed by atoms with Crippen molar-refractivity contribution in [1.29, 1.82) is 0 Å². The van der Waals surface area contributed by atoms with Gasteiger partial charge in [0, 0.05) is 17.6 Å². The van der Waals surface area contributed by atoms with E-state index in [1.807, 2.05) is 26.0 Å². The molecule has 1 aromatic rings. The van der Waals surface area contributed by atoms with E-state index in [4.69, 9.17) is 11.6 Å². The Morgan fingerprint density at radius 2 is 1.88 bits per heavy atom. The Bertz CT molecular complexity index is 750. The smallest absolute Gasteiger partial charge is 0.315 e. The van der Waals surface area contributed by atoms with Gasteiger partial charge in [-0.3, -0.25) is 4.79 Å². The molecule has 1 fully saturated rings. The number of nitrogens with one attached hydrogen (secondary N) is 3. The highest BCUT2D eigenvalue weighted by Crippen LogP contribution is 2.12. The van der Waals surface area contributed by atoms with E-state index in [9.17, 15) is 18.0 Å². The van der Waals surface area contributed by atoms with Gasteiger partial charge in [0.25, 0.3) is 0 Å². The Hall–Kier alpha value is -1.80. The average molecular weight is 402 g/mol. The van der Waals surface area contributed by atoms with Gasteiger partial charge in [0.2, 0.25) is 5.91 Å². The van der Waals surface area contributed by atoms with E-state index < -0.39 is 28.0 Å². The van der Waals surface area contributed by atoms with Crippen LogP contribution in [0.15, 0.2) is 24.3 Å². The molecule has 0 spiro atoms. The molecule has 3 N–H and O–H groups in total. The third kappa shape index (κ3) is 6.17. The number of urea groups is 1. The summed E-state index contributed by atoms with van der Waals surface area (Å²) in [6, 6.07) is 5.44. The van der Waals surface area contributed by atoms with E-state index >= 15 is 0 Å². The summed E-state index contributed by atoms with van der Waals surface area (Å²) in [5.41, 5.74) is 0.894. The Balaban J connectivity index is 1.87. The minimum absolute atomic E-state index is 0.0600. The minimum atomic E-state index is -3.08. The molecule has 1 saturated heterocycles. The number of amides is 3. The van der Waals surface area contributed by atoms with E-state index in [-0.39, 0.29) is 23.3 Å². The molecular weight excluding hydrogens is 378 g/mol. The highest BCUT2D eigenvalue weighted by Gasteiger charge is 2.30. The standard InChI is InChI=1S/C17H24ClN3O4S/c1-11(2)15(16(22)19-9-12-3-5-13(18)6-4-12)21-17(23)20-14-7-8-26(24,25)10-14/h3-6,11,14-15H,7-10H2,1-2H3,(H,19,22)(H2,20,21,23)/t14-,15+/m1/s1. The zero-order chi connectivity index (χ0) is 19.3. The number of carbonyl (C=O) groups is 2. The lowest BCUT2D eigenvalue weighted by atomic mass is 10.0. The minimum Gasteiger partial charge on any atom is -0.350 e. The molecule has 9 heteroatoms. The van der Waals surface area contributed by atoms with Gasteiger partial charge in [-0.1, -0.05) is 37.6 Å². The quantitative estimate of drug-likeness (QED) is 0.671. The molecule has 1 aliphatic heterocycles. The van der Waals surface area contributed by atoms with Crippen LogP contribution in [0.2, 0.25) is 5.02 Å². The zero-order valence-corrected chi connectivity index (χ0v) is 16.4. The number of benzene rings is 1. The molecule has 1 aromatic carbocycles. The Kier molecular flexibility index (Phi) is 6.88. The molecule has 0 saturated carbocycles. The number of halogens is 1. The summed E-state index contributed by atoms with van der Waals surface area (Å²) in [4.78, 5) is 24.6. The zero-order valence-electron chi connectivity index (χ0n) is 14.8. The first kappa shape index (κ1) is 20.5. The highest BCUT2D eigenvalue weighted by atomic mass is 35.5. The molecule has 0 aliphatic carbocycles. The molecule has 2 atom stereocenters. The molecule has 26 heavy (non-hydrogen) atoms. The Morgan fingerprint density at radius 1 is 1.23 bits per heavy atom. The predicted octanol–water partition coefficient (Wildman–Crippen LogP) is 1.47. The van der Waals surface area contributed by atoms with E-state index in [0.717, 1.165) is 5.56 Å². The van der Waals surface area contributed by atoms with Crippen LogP contribution in [0.5, 0.6) is 0 Å². The van der Waals surface area contributed by atoms with Crippen molar-refractivity contribution < 1.29 is 18.0 Å². The maximum atomic E-state index is 12.4. The second-order valence-corrected chi connectivity index (χ2v) is 9.45. The molecule has 0 radical (unpaired) electrons. The van der Waals surface area contributed by atoms with Crippen LogP contribution in [-0.2, 0) is 21.2 Å². The molecule has 2 rings (SSSR count). The van der Waals surface area contributed by atoms with Gasteiger partial charge in [0.1, 0.15) is 6.04 Å². The summed E-state index contributed by atoms with van der Waals surface area (Å²) in [6.07, 6.45) is 0.394. The van der Waals surface area contributed by atoms with E-state index in [1.165, 1.54) is 0 Å². The van der Waals surface area contributed by atoms with Gasteiger partial charge in [-0.2, -0.15) is 0 Å². The second kappa shape index (κ2) is 8.73. The second-order valence-electron chi connectivity index (χ2n) is 6.78. The van der Waals surface area contributed by atoms with E-state index in [2.05, 4.69) is 16.0 Å². The molecule has 0 bridgehead atoms. The van der Waals surface area contributed by atoms with Crippen molar-refractivity contribution in [3.63, 3.8) is 0 Å². The molecule has 1 heterocycles. The fraction of sp³-hybridized carbons (Fsp3) is 0.529. The first-order valence-electron chi connectivity index (χ1n) is 8.46. The summed E-state index contributed by atoms with van der Waals surface area (Å²) in [5, 5.41) is 8.68. The topological polar surface area (TPSA) is 104 Å². The summed E-state index contributed by atoms with van der Waals surface area (Å²) in [5.74, 6) is -0.412. The van der Waals surface area contributed by atoms with Crippen LogP contribution >= 0.6 is 11.6 Å². The first-order valence-corrected chi connectivity index (χ1v) is 10.7. The third-order valence-electron chi connectivity index (χ3n) is 4.18. The van der Waals surface area contributed by atoms with Crippen molar-refractivity contribution >= 4 is 33.4 Å². The van der Waals surface area contributed by atoms with Gasteiger partial charge < -0.3 is 16.0 Å². The van der Waals surface area contributed by atoms with Gasteiger partial charge >= 0.3 is 6.03 Å². The summed E-state index contributed by atoms with van der Waals surface area (Å²) in [6.45, 7) is 3.98. The maximum absolute atomic E-state index is 12.4. The predicted molar refractivity (Wildman–Crippen MR) is 101 cm³/mol. The number of hydrogen-bond donors (Lipinski definition) is 3. The summed E-state index contributed by atoms with van der Waals surface area (Å²) >= 11 is 5.83. The van der Waals surface area contributed by atoms with Gasteiger partial charge in [-0.15, -0.1) is 0 Å². The van der Waals surface area contributed by atoms with Crippen molar-refractivity contribution in [2.24, 2.45) is 5.92 Å². The summed E-state index contributed by atoms with van der Waals surface area (Å²) < 4.78 is 22.9. The number of rotatable bonds is 6. The number of hydrogen-bond acceptors (Lipinski definition) is 4. The van der Waals surface area contributed by atoms with E-state index in [0.29, 0.717) is 18.0 Å². The number of sulfone groups is 1. The molecular formula is C17H24ClN3O4S. The normalized spacial score (nSPS) is 19.8. The van der Waals surface area contributed by atoms with Gasteiger partial charge in [0.05, 0.1) is 11.5 Å².